The van der Waals surface area contributed by atoms with Gasteiger partial charge in [-0.3, -0.25) is 9.20 Å². The summed E-state index contributed by atoms with van der Waals surface area (Å²) in [6.07, 6.45) is 3.93. The molecule has 0 aliphatic heterocycles. The Morgan fingerprint density at radius 2 is 2.45 bits per heavy atom. The van der Waals surface area contributed by atoms with Crippen LogP contribution in [0.3, 0.4) is 0 Å². The van der Waals surface area contributed by atoms with E-state index in [9.17, 15) is 4.79 Å². The molecule has 0 saturated carbocycles. The number of aromatic nitrogens is 6. The van der Waals surface area contributed by atoms with Gasteiger partial charge in [-0.2, -0.15) is 0 Å². The standard InChI is InChI=1S/C10H10N6O2S2/c1-18-8(17)5-16-10(12-13-14-16)20-6-7-4-15-2-3-19-9(15)11-7/h2-4H,5-6H2,1H3. The van der Waals surface area contributed by atoms with Crippen molar-refractivity contribution in [1.82, 2.24) is 29.6 Å². The lowest BCUT2D eigenvalue weighted by molar-refractivity contribution is -0.141. The molecule has 0 spiro atoms. The quantitative estimate of drug-likeness (QED) is 0.510. The minimum absolute atomic E-state index is 0.00408. The number of carbonyl (C=O) groups excluding carboxylic acids is 1. The van der Waals surface area contributed by atoms with Crippen LogP contribution in [-0.2, 0) is 21.8 Å². The summed E-state index contributed by atoms with van der Waals surface area (Å²) in [5.41, 5.74) is 0.939. The monoisotopic (exact) mass is 310 g/mol. The third kappa shape index (κ3) is 2.65. The summed E-state index contributed by atoms with van der Waals surface area (Å²) in [7, 11) is 1.33. The summed E-state index contributed by atoms with van der Waals surface area (Å²) in [6.45, 7) is 0.00408. The Labute approximate surface area is 121 Å². The topological polar surface area (TPSA) is 87.2 Å². The van der Waals surface area contributed by atoms with E-state index in [1.807, 2.05) is 22.2 Å². The van der Waals surface area contributed by atoms with E-state index in [0.29, 0.717) is 10.9 Å². The average molecular weight is 310 g/mol. The van der Waals surface area contributed by atoms with Gasteiger partial charge in [0.1, 0.15) is 6.54 Å². The highest BCUT2D eigenvalue weighted by molar-refractivity contribution is 7.98. The van der Waals surface area contributed by atoms with Crippen molar-refractivity contribution in [2.75, 3.05) is 7.11 Å². The highest BCUT2D eigenvalue weighted by Gasteiger charge is 2.12. The first-order valence-corrected chi connectivity index (χ1v) is 7.49. The van der Waals surface area contributed by atoms with Crippen LogP contribution in [0.15, 0.2) is 22.9 Å². The van der Waals surface area contributed by atoms with Crippen LogP contribution in [0.2, 0.25) is 0 Å². The van der Waals surface area contributed by atoms with Crippen LogP contribution in [0.1, 0.15) is 5.69 Å². The van der Waals surface area contributed by atoms with E-state index in [2.05, 4.69) is 25.2 Å². The average Bonchev–Trinajstić information content (AvgIpc) is 3.11. The van der Waals surface area contributed by atoms with Crippen LogP contribution in [0.25, 0.3) is 4.96 Å². The van der Waals surface area contributed by atoms with Crippen molar-refractivity contribution in [3.63, 3.8) is 0 Å². The van der Waals surface area contributed by atoms with Crippen LogP contribution in [-0.4, -0.2) is 42.7 Å². The summed E-state index contributed by atoms with van der Waals surface area (Å²) < 4.78 is 7.97. The number of esters is 1. The molecule has 8 nitrogen and oxygen atoms in total. The molecule has 0 atom stereocenters. The maximum Gasteiger partial charge on any atom is 0.327 e. The van der Waals surface area contributed by atoms with Gasteiger partial charge in [-0.25, -0.2) is 9.67 Å². The van der Waals surface area contributed by atoms with E-state index in [-0.39, 0.29) is 12.5 Å². The molecule has 0 N–H and O–H groups in total. The van der Waals surface area contributed by atoms with Crippen LogP contribution < -0.4 is 0 Å². The Bertz CT molecular complexity index is 704. The predicted molar refractivity (Wildman–Crippen MR) is 72.5 cm³/mol. The maximum absolute atomic E-state index is 11.2. The summed E-state index contributed by atoms with van der Waals surface area (Å²) in [4.78, 5) is 16.6. The fraction of sp³-hybridized carbons (Fsp3) is 0.300. The van der Waals surface area contributed by atoms with Crippen LogP contribution in [0, 0.1) is 0 Å². The van der Waals surface area contributed by atoms with Crippen molar-refractivity contribution < 1.29 is 9.53 Å². The summed E-state index contributed by atoms with van der Waals surface area (Å²) in [6, 6.07) is 0. The Morgan fingerprint density at radius 3 is 3.25 bits per heavy atom. The number of fused-ring (bicyclic) bond motifs is 1. The van der Waals surface area contributed by atoms with Gasteiger partial charge >= 0.3 is 5.97 Å². The highest BCUT2D eigenvalue weighted by Crippen LogP contribution is 2.21. The first-order chi connectivity index (χ1) is 9.76. The van der Waals surface area contributed by atoms with Crippen molar-refractivity contribution >= 4 is 34.0 Å². The molecular formula is C10H10N6O2S2. The minimum atomic E-state index is -0.387. The number of imidazole rings is 1. The van der Waals surface area contributed by atoms with Crippen molar-refractivity contribution in [1.29, 1.82) is 0 Å². The van der Waals surface area contributed by atoms with E-state index >= 15 is 0 Å². The SMILES string of the molecule is COC(=O)Cn1nnnc1SCc1cn2ccsc2n1. The number of tetrazole rings is 1. The third-order valence-electron chi connectivity index (χ3n) is 2.50. The van der Waals surface area contributed by atoms with Crippen molar-refractivity contribution in [3.05, 3.63) is 23.5 Å². The molecule has 0 aliphatic rings. The van der Waals surface area contributed by atoms with Crippen LogP contribution >= 0.6 is 23.1 Å². The maximum atomic E-state index is 11.2. The molecular weight excluding hydrogens is 300 g/mol. The number of thioether (sulfide) groups is 1. The number of carbonyl (C=O) groups is 1. The van der Waals surface area contributed by atoms with E-state index in [1.165, 1.54) is 23.6 Å². The van der Waals surface area contributed by atoms with E-state index in [1.54, 1.807) is 11.3 Å². The van der Waals surface area contributed by atoms with E-state index in [4.69, 9.17) is 0 Å². The van der Waals surface area contributed by atoms with Gasteiger partial charge < -0.3 is 4.74 Å². The molecule has 0 unspecified atom stereocenters. The molecule has 3 rings (SSSR count). The van der Waals surface area contributed by atoms with Gasteiger partial charge in [0.25, 0.3) is 0 Å². The van der Waals surface area contributed by atoms with Gasteiger partial charge in [0, 0.05) is 23.5 Å². The Balaban J connectivity index is 1.67. The molecule has 0 bridgehead atoms. The summed E-state index contributed by atoms with van der Waals surface area (Å²) >= 11 is 3.01. The van der Waals surface area contributed by atoms with Gasteiger partial charge in [0.15, 0.2) is 4.96 Å². The number of thiazole rings is 1. The van der Waals surface area contributed by atoms with E-state index in [0.717, 1.165) is 10.7 Å². The zero-order valence-corrected chi connectivity index (χ0v) is 12.1. The molecule has 0 saturated heterocycles. The van der Waals surface area contributed by atoms with Gasteiger partial charge in [0.05, 0.1) is 12.8 Å². The zero-order chi connectivity index (χ0) is 13.9. The van der Waals surface area contributed by atoms with E-state index < -0.39 is 0 Å². The Kier molecular flexibility index (Phi) is 3.65. The van der Waals surface area contributed by atoms with Crippen molar-refractivity contribution in [2.45, 2.75) is 17.5 Å². The molecule has 0 amide bonds. The molecule has 0 aliphatic carbocycles. The Morgan fingerprint density at radius 1 is 1.55 bits per heavy atom. The molecule has 0 radical (unpaired) electrons. The molecule has 20 heavy (non-hydrogen) atoms. The number of methoxy groups -OCH3 is 1. The van der Waals surface area contributed by atoms with Gasteiger partial charge in [-0.1, -0.05) is 11.8 Å². The molecule has 3 aromatic heterocycles. The number of hydrogen-bond acceptors (Lipinski definition) is 8. The minimum Gasteiger partial charge on any atom is -0.468 e. The fourth-order valence-electron chi connectivity index (χ4n) is 1.57. The second-order valence-electron chi connectivity index (χ2n) is 3.81. The second-order valence-corrected chi connectivity index (χ2v) is 5.62. The fourth-order valence-corrected chi connectivity index (χ4v) is 3.05. The second kappa shape index (κ2) is 5.59. The normalized spacial score (nSPS) is 11.1. The zero-order valence-electron chi connectivity index (χ0n) is 10.5. The number of rotatable bonds is 5. The summed E-state index contributed by atoms with van der Waals surface area (Å²) in [5.74, 6) is 0.248. The van der Waals surface area contributed by atoms with Crippen molar-refractivity contribution in [2.24, 2.45) is 0 Å². The molecule has 104 valence electrons. The predicted octanol–water partition coefficient (Wildman–Crippen LogP) is 0.848. The van der Waals surface area contributed by atoms with Crippen LogP contribution in [0.5, 0.6) is 0 Å². The van der Waals surface area contributed by atoms with Crippen LogP contribution in [0.4, 0.5) is 0 Å². The summed E-state index contributed by atoms with van der Waals surface area (Å²) in [5, 5.41) is 13.8. The lowest BCUT2D eigenvalue weighted by Crippen LogP contribution is -2.13. The van der Waals surface area contributed by atoms with Gasteiger partial charge in [-0.05, 0) is 10.4 Å². The lowest BCUT2D eigenvalue weighted by Gasteiger charge is -2.01. The Hall–Kier alpha value is -1.94. The van der Waals surface area contributed by atoms with Gasteiger partial charge in [-0.15, -0.1) is 16.4 Å². The molecule has 3 heterocycles. The lowest BCUT2D eigenvalue weighted by atomic mass is 10.6. The molecule has 10 heteroatoms. The first kappa shape index (κ1) is 13.1. The third-order valence-corrected chi connectivity index (χ3v) is 4.26. The first-order valence-electron chi connectivity index (χ1n) is 5.63. The molecule has 3 aromatic rings. The largest absolute Gasteiger partial charge is 0.468 e. The molecule has 0 fully saturated rings. The van der Waals surface area contributed by atoms with Crippen molar-refractivity contribution in [3.8, 4) is 0 Å². The number of ether oxygens (including phenoxy) is 1. The number of nitrogens with zero attached hydrogens (tertiary/aromatic N) is 6. The smallest absolute Gasteiger partial charge is 0.327 e. The highest BCUT2D eigenvalue weighted by atomic mass is 32.2. The van der Waals surface area contributed by atoms with Gasteiger partial charge in [0.2, 0.25) is 5.16 Å². The molecule has 0 aromatic carbocycles. The number of hydrogen-bond donors (Lipinski definition) is 0.